The van der Waals surface area contributed by atoms with Crippen LogP contribution >= 0.6 is 0 Å². The number of carbonyl (C=O) groups excluding carboxylic acids is 1. The second-order valence-electron chi connectivity index (χ2n) is 4.81. The Morgan fingerprint density at radius 2 is 1.71 bits per heavy atom. The molecule has 128 valence electrons. The zero-order chi connectivity index (χ0) is 17.9. The molecule has 0 saturated carbocycles. The maximum Gasteiger partial charge on any atom is 0.455 e. The molecular formula is C16H12F5NO2. The van der Waals surface area contributed by atoms with Crippen LogP contribution in [0.5, 0.6) is 5.75 Å². The number of benzene rings is 2. The van der Waals surface area contributed by atoms with E-state index in [9.17, 15) is 26.7 Å². The van der Waals surface area contributed by atoms with Crippen LogP contribution in [-0.4, -0.2) is 19.1 Å². The number of ether oxygens (including phenoxy) is 1. The minimum Gasteiger partial charge on any atom is -0.497 e. The normalized spacial score (nSPS) is 11.2. The van der Waals surface area contributed by atoms with Crippen molar-refractivity contribution in [1.82, 2.24) is 0 Å². The molecule has 0 radical (unpaired) electrons. The first-order valence-corrected chi connectivity index (χ1v) is 6.70. The van der Waals surface area contributed by atoms with Crippen LogP contribution in [-0.2, 0) is 6.54 Å². The average molecular weight is 345 g/mol. The van der Waals surface area contributed by atoms with Crippen molar-refractivity contribution in [3.63, 3.8) is 0 Å². The molecule has 0 heterocycles. The summed E-state index contributed by atoms with van der Waals surface area (Å²) in [5.74, 6) is -5.23. The van der Waals surface area contributed by atoms with Crippen molar-refractivity contribution in [1.29, 1.82) is 0 Å². The van der Waals surface area contributed by atoms with E-state index in [0.717, 1.165) is 6.07 Å². The Hall–Kier alpha value is -2.64. The SMILES string of the molecule is COc1ccc(CNc2ccc(F)c(F)c2C(=O)C(F)(F)F)cc1. The van der Waals surface area contributed by atoms with Crippen molar-refractivity contribution in [2.45, 2.75) is 12.7 Å². The van der Waals surface area contributed by atoms with Gasteiger partial charge in [0.05, 0.1) is 12.7 Å². The summed E-state index contributed by atoms with van der Waals surface area (Å²) in [6.45, 7) is 0.00715. The minimum atomic E-state index is -5.31. The molecule has 2 rings (SSSR count). The van der Waals surface area contributed by atoms with Crippen molar-refractivity contribution < 1.29 is 31.5 Å². The molecule has 0 unspecified atom stereocenters. The van der Waals surface area contributed by atoms with Gasteiger partial charge in [0.15, 0.2) is 11.6 Å². The van der Waals surface area contributed by atoms with Crippen LogP contribution in [0.1, 0.15) is 15.9 Å². The number of rotatable bonds is 5. The van der Waals surface area contributed by atoms with Gasteiger partial charge in [-0.2, -0.15) is 13.2 Å². The Morgan fingerprint density at radius 3 is 2.25 bits per heavy atom. The highest BCUT2D eigenvalue weighted by Gasteiger charge is 2.42. The number of alkyl halides is 3. The Bertz CT molecular complexity index is 741. The molecule has 0 bridgehead atoms. The molecule has 0 spiro atoms. The summed E-state index contributed by atoms with van der Waals surface area (Å²) in [5, 5.41) is 2.52. The predicted octanol–water partition coefficient (Wildman–Crippen LogP) is 4.33. The first-order valence-electron chi connectivity index (χ1n) is 6.70. The highest BCUT2D eigenvalue weighted by molar-refractivity contribution is 6.05. The van der Waals surface area contributed by atoms with Gasteiger partial charge in [0.25, 0.3) is 5.78 Å². The number of nitrogens with one attached hydrogen (secondary N) is 1. The Morgan fingerprint density at radius 1 is 1.08 bits per heavy atom. The van der Waals surface area contributed by atoms with Gasteiger partial charge < -0.3 is 10.1 Å². The van der Waals surface area contributed by atoms with Crippen molar-refractivity contribution in [3.8, 4) is 5.75 Å². The van der Waals surface area contributed by atoms with Crippen LogP contribution in [0.25, 0.3) is 0 Å². The van der Waals surface area contributed by atoms with Crippen molar-refractivity contribution >= 4 is 11.5 Å². The third kappa shape index (κ3) is 3.81. The fourth-order valence-corrected chi connectivity index (χ4v) is 2.00. The summed E-state index contributed by atoms with van der Waals surface area (Å²) in [5.41, 5.74) is -1.16. The quantitative estimate of drug-likeness (QED) is 0.647. The number of carbonyl (C=O) groups is 1. The molecule has 2 aromatic rings. The Balaban J connectivity index is 2.29. The first kappa shape index (κ1) is 17.7. The average Bonchev–Trinajstić information content (AvgIpc) is 2.55. The zero-order valence-corrected chi connectivity index (χ0v) is 12.4. The predicted molar refractivity (Wildman–Crippen MR) is 77.1 cm³/mol. The van der Waals surface area contributed by atoms with Crippen molar-refractivity contribution in [3.05, 3.63) is 59.2 Å². The summed E-state index contributed by atoms with van der Waals surface area (Å²) in [4.78, 5) is 11.4. The number of hydrogen-bond acceptors (Lipinski definition) is 3. The number of hydrogen-bond donors (Lipinski definition) is 1. The van der Waals surface area contributed by atoms with Gasteiger partial charge in [-0.15, -0.1) is 0 Å². The van der Waals surface area contributed by atoms with E-state index >= 15 is 0 Å². The van der Waals surface area contributed by atoms with Gasteiger partial charge in [-0.3, -0.25) is 4.79 Å². The lowest BCUT2D eigenvalue weighted by atomic mass is 10.1. The maximum atomic E-state index is 13.7. The van der Waals surface area contributed by atoms with E-state index in [-0.39, 0.29) is 6.54 Å². The van der Waals surface area contributed by atoms with E-state index in [1.165, 1.54) is 7.11 Å². The van der Waals surface area contributed by atoms with Crippen molar-refractivity contribution in [2.75, 3.05) is 12.4 Å². The van der Waals surface area contributed by atoms with E-state index in [4.69, 9.17) is 4.74 Å². The van der Waals surface area contributed by atoms with Gasteiger partial charge in [0, 0.05) is 12.2 Å². The summed E-state index contributed by atoms with van der Waals surface area (Å²) in [6, 6.07) is 8.07. The molecule has 0 aliphatic rings. The summed E-state index contributed by atoms with van der Waals surface area (Å²) >= 11 is 0. The largest absolute Gasteiger partial charge is 0.497 e. The van der Waals surface area contributed by atoms with Gasteiger partial charge in [-0.25, -0.2) is 8.78 Å². The third-order valence-electron chi connectivity index (χ3n) is 3.22. The summed E-state index contributed by atoms with van der Waals surface area (Å²) in [6.07, 6.45) is -5.31. The monoisotopic (exact) mass is 345 g/mol. The van der Waals surface area contributed by atoms with Gasteiger partial charge in [0.1, 0.15) is 5.75 Å². The lowest BCUT2D eigenvalue weighted by molar-refractivity contribution is -0.0887. The minimum absolute atomic E-state index is 0.00715. The molecule has 2 aromatic carbocycles. The van der Waals surface area contributed by atoms with E-state index in [1.807, 2.05) is 0 Å². The van der Waals surface area contributed by atoms with Crippen molar-refractivity contribution in [2.24, 2.45) is 0 Å². The molecule has 24 heavy (non-hydrogen) atoms. The van der Waals surface area contributed by atoms with E-state index in [2.05, 4.69) is 5.32 Å². The molecule has 0 aliphatic carbocycles. The highest BCUT2D eigenvalue weighted by Crippen LogP contribution is 2.30. The molecule has 0 fully saturated rings. The third-order valence-corrected chi connectivity index (χ3v) is 3.22. The Kier molecular flexibility index (Phi) is 5.06. The molecule has 3 nitrogen and oxygen atoms in total. The molecule has 0 saturated heterocycles. The van der Waals surface area contributed by atoms with Gasteiger partial charge in [0.2, 0.25) is 0 Å². The first-order chi connectivity index (χ1) is 11.2. The van der Waals surface area contributed by atoms with Gasteiger partial charge >= 0.3 is 6.18 Å². The van der Waals surface area contributed by atoms with Crippen LogP contribution in [0.2, 0.25) is 0 Å². The van der Waals surface area contributed by atoms with Crippen LogP contribution in [0, 0.1) is 11.6 Å². The fourth-order valence-electron chi connectivity index (χ4n) is 2.00. The van der Waals surface area contributed by atoms with Crippen LogP contribution in [0.4, 0.5) is 27.6 Å². The molecule has 0 amide bonds. The topological polar surface area (TPSA) is 38.3 Å². The number of Topliss-reactive ketones (excluding diaryl/α,β-unsaturated/α-hetero) is 1. The Labute approximate surface area is 134 Å². The number of methoxy groups -OCH3 is 1. The molecule has 8 heteroatoms. The number of halogens is 5. The van der Waals surface area contributed by atoms with Crippen LogP contribution < -0.4 is 10.1 Å². The summed E-state index contributed by atoms with van der Waals surface area (Å²) in [7, 11) is 1.48. The van der Waals surface area contributed by atoms with Crippen LogP contribution in [0.3, 0.4) is 0 Å². The lowest BCUT2D eigenvalue weighted by Gasteiger charge is -2.14. The molecule has 0 atom stereocenters. The second-order valence-corrected chi connectivity index (χ2v) is 4.81. The fraction of sp³-hybridized carbons (Fsp3) is 0.188. The zero-order valence-electron chi connectivity index (χ0n) is 12.4. The molecule has 0 aliphatic heterocycles. The lowest BCUT2D eigenvalue weighted by Crippen LogP contribution is -2.25. The van der Waals surface area contributed by atoms with E-state index < -0.39 is 34.8 Å². The van der Waals surface area contributed by atoms with E-state index in [1.54, 1.807) is 24.3 Å². The maximum absolute atomic E-state index is 13.7. The molecular weight excluding hydrogens is 333 g/mol. The number of ketones is 1. The summed E-state index contributed by atoms with van der Waals surface area (Å²) < 4.78 is 69.7. The highest BCUT2D eigenvalue weighted by atomic mass is 19.4. The smallest absolute Gasteiger partial charge is 0.455 e. The number of anilines is 1. The van der Waals surface area contributed by atoms with Crippen LogP contribution in [0.15, 0.2) is 36.4 Å². The van der Waals surface area contributed by atoms with E-state index in [0.29, 0.717) is 17.4 Å². The molecule has 0 aromatic heterocycles. The second kappa shape index (κ2) is 6.86. The van der Waals surface area contributed by atoms with Gasteiger partial charge in [-0.05, 0) is 29.8 Å². The standard InChI is InChI=1S/C16H12F5NO2/c1-24-10-4-2-9(3-5-10)8-22-12-7-6-11(17)14(18)13(12)15(23)16(19,20)21/h2-7,22H,8H2,1H3. The van der Waals surface area contributed by atoms with Gasteiger partial charge in [-0.1, -0.05) is 12.1 Å². The molecule has 1 N–H and O–H groups in total.